The Morgan fingerprint density at radius 2 is 1.84 bits per heavy atom. The van der Waals surface area contributed by atoms with Gasteiger partial charge in [0.05, 0.1) is 5.56 Å². The summed E-state index contributed by atoms with van der Waals surface area (Å²) in [5.41, 5.74) is 11.4. The van der Waals surface area contributed by atoms with Crippen LogP contribution in [0.1, 0.15) is 34.2 Å². The molecule has 0 aliphatic carbocycles. The van der Waals surface area contributed by atoms with Gasteiger partial charge in [-0.2, -0.15) is 0 Å². The second-order valence-electron chi connectivity index (χ2n) is 6.08. The van der Waals surface area contributed by atoms with E-state index < -0.39 is 5.91 Å². The Labute approximate surface area is 153 Å². The number of carbonyl (C=O) groups is 1. The van der Waals surface area contributed by atoms with E-state index in [0.717, 1.165) is 34.5 Å². The lowest BCUT2D eigenvalue weighted by Crippen LogP contribution is -2.13. The first-order valence-corrected chi connectivity index (χ1v) is 8.72. The van der Waals surface area contributed by atoms with Gasteiger partial charge in [-0.05, 0) is 36.6 Å². The number of rotatable bonds is 5. The molecule has 3 aromatic rings. The molecule has 0 aliphatic rings. The van der Waals surface area contributed by atoms with Gasteiger partial charge in [-0.15, -0.1) is 0 Å². The fourth-order valence-electron chi connectivity index (χ4n) is 3.41. The number of amides is 1. The van der Waals surface area contributed by atoms with Crippen LogP contribution in [0.5, 0.6) is 0 Å². The van der Waals surface area contributed by atoms with Crippen LogP contribution < -0.4 is 5.73 Å². The van der Waals surface area contributed by atoms with Crippen molar-refractivity contribution in [2.45, 2.75) is 26.8 Å². The summed E-state index contributed by atoms with van der Waals surface area (Å²) in [5.74, 6) is -0.393. The molecule has 0 aliphatic heterocycles. The van der Waals surface area contributed by atoms with Crippen LogP contribution in [-0.4, -0.2) is 10.5 Å². The minimum atomic E-state index is -0.393. The lowest BCUT2D eigenvalue weighted by molar-refractivity contribution is 0.1000. The molecule has 0 radical (unpaired) electrons. The molecule has 2 N–H and O–H groups in total. The van der Waals surface area contributed by atoms with E-state index >= 15 is 0 Å². The molecule has 0 unspecified atom stereocenters. The van der Waals surface area contributed by atoms with Gasteiger partial charge < -0.3 is 10.3 Å². The van der Waals surface area contributed by atoms with Crippen LogP contribution in [0.15, 0.2) is 54.6 Å². The molecule has 0 atom stereocenters. The number of aromatic nitrogens is 1. The maximum Gasteiger partial charge on any atom is 0.251 e. The smallest absolute Gasteiger partial charge is 0.251 e. The van der Waals surface area contributed by atoms with Crippen molar-refractivity contribution in [2.75, 3.05) is 0 Å². The predicted octanol–water partition coefficient (Wildman–Crippen LogP) is 4.83. The molecule has 2 aromatic carbocycles. The molecule has 0 saturated carbocycles. The minimum Gasteiger partial charge on any atom is -0.366 e. The van der Waals surface area contributed by atoms with Gasteiger partial charge in [0.15, 0.2) is 0 Å². The van der Waals surface area contributed by atoms with E-state index in [2.05, 4.69) is 11.5 Å². The molecule has 25 heavy (non-hydrogen) atoms. The Hall–Kier alpha value is -2.52. The largest absolute Gasteiger partial charge is 0.366 e. The van der Waals surface area contributed by atoms with E-state index in [0.29, 0.717) is 17.1 Å². The first kappa shape index (κ1) is 17.3. The van der Waals surface area contributed by atoms with Crippen molar-refractivity contribution in [3.05, 3.63) is 82.1 Å². The zero-order valence-electron chi connectivity index (χ0n) is 14.4. The number of hydrogen-bond acceptors (Lipinski definition) is 1. The van der Waals surface area contributed by atoms with Crippen molar-refractivity contribution >= 4 is 17.5 Å². The maximum atomic E-state index is 12.2. The number of benzene rings is 2. The topological polar surface area (TPSA) is 48.0 Å². The van der Waals surface area contributed by atoms with Gasteiger partial charge in [-0.1, -0.05) is 61.0 Å². The Morgan fingerprint density at radius 3 is 2.44 bits per heavy atom. The van der Waals surface area contributed by atoms with Crippen molar-refractivity contribution in [1.29, 1.82) is 0 Å². The van der Waals surface area contributed by atoms with Gasteiger partial charge in [0.25, 0.3) is 5.91 Å². The fourth-order valence-corrected chi connectivity index (χ4v) is 3.63. The molecule has 1 heterocycles. The Balaban J connectivity index is 2.21. The Bertz CT molecular complexity index is 913. The normalized spacial score (nSPS) is 10.8. The summed E-state index contributed by atoms with van der Waals surface area (Å²) in [5, 5.41) is 0.707. The first-order valence-electron chi connectivity index (χ1n) is 8.34. The van der Waals surface area contributed by atoms with Crippen LogP contribution in [-0.2, 0) is 13.0 Å². The van der Waals surface area contributed by atoms with E-state index in [-0.39, 0.29) is 0 Å². The van der Waals surface area contributed by atoms with Gasteiger partial charge in [-0.3, -0.25) is 4.79 Å². The van der Waals surface area contributed by atoms with Gasteiger partial charge in [0.2, 0.25) is 0 Å². The lowest BCUT2D eigenvalue weighted by Gasteiger charge is -2.12. The molecule has 3 nitrogen and oxygen atoms in total. The second kappa shape index (κ2) is 7.16. The number of nitrogens with zero attached hydrogens (tertiary/aromatic N) is 1. The number of carbonyl (C=O) groups excluding carboxylic acids is 1. The van der Waals surface area contributed by atoms with Crippen LogP contribution >= 0.6 is 11.6 Å². The number of hydrogen-bond donors (Lipinski definition) is 1. The summed E-state index contributed by atoms with van der Waals surface area (Å²) < 4.78 is 2.17. The van der Waals surface area contributed by atoms with Crippen LogP contribution in [0.4, 0.5) is 0 Å². The highest BCUT2D eigenvalue weighted by molar-refractivity contribution is 6.30. The second-order valence-corrected chi connectivity index (χ2v) is 6.52. The highest BCUT2D eigenvalue weighted by Gasteiger charge is 2.23. The summed E-state index contributed by atoms with van der Waals surface area (Å²) in [6, 6.07) is 17.7. The maximum absolute atomic E-state index is 12.2. The summed E-state index contributed by atoms with van der Waals surface area (Å²) in [4.78, 5) is 12.2. The van der Waals surface area contributed by atoms with E-state index in [1.807, 2.05) is 61.5 Å². The standard InChI is InChI=1S/C21H21ClN2O/c1-3-18-20(16-9-5-4-6-10-16)19(21(23)25)14(2)24(18)13-15-8-7-11-17(22)12-15/h4-12H,3,13H2,1-2H3,(H2,23,25). The van der Waals surface area contributed by atoms with Crippen molar-refractivity contribution < 1.29 is 4.79 Å². The van der Waals surface area contributed by atoms with E-state index in [4.69, 9.17) is 17.3 Å². The molecule has 0 saturated heterocycles. The zero-order chi connectivity index (χ0) is 18.0. The molecule has 128 valence electrons. The molecule has 3 rings (SSSR count). The molecule has 0 bridgehead atoms. The third kappa shape index (κ3) is 3.33. The van der Waals surface area contributed by atoms with Gasteiger partial charge in [-0.25, -0.2) is 0 Å². The van der Waals surface area contributed by atoms with Crippen molar-refractivity contribution in [2.24, 2.45) is 5.73 Å². The predicted molar refractivity (Wildman–Crippen MR) is 103 cm³/mol. The number of nitrogens with two attached hydrogens (primary N) is 1. The Kier molecular flexibility index (Phi) is 4.95. The molecule has 1 aromatic heterocycles. The van der Waals surface area contributed by atoms with E-state index in [1.54, 1.807) is 0 Å². The van der Waals surface area contributed by atoms with Crippen LogP contribution in [0.2, 0.25) is 5.02 Å². The SMILES string of the molecule is CCc1c(-c2ccccc2)c(C(N)=O)c(C)n1Cc1cccc(Cl)c1. The Morgan fingerprint density at radius 1 is 1.12 bits per heavy atom. The third-order valence-corrected chi connectivity index (χ3v) is 4.74. The molecular formula is C21H21ClN2O. The van der Waals surface area contributed by atoms with E-state index in [1.165, 1.54) is 0 Å². The summed E-state index contributed by atoms with van der Waals surface area (Å²) in [6.07, 6.45) is 0.804. The van der Waals surface area contributed by atoms with E-state index in [9.17, 15) is 4.79 Å². The van der Waals surface area contributed by atoms with Gasteiger partial charge in [0.1, 0.15) is 0 Å². The van der Waals surface area contributed by atoms with Crippen molar-refractivity contribution in [3.8, 4) is 11.1 Å². The highest BCUT2D eigenvalue weighted by Crippen LogP contribution is 2.33. The third-order valence-electron chi connectivity index (χ3n) is 4.50. The number of halogens is 1. The molecular weight excluding hydrogens is 332 g/mol. The molecule has 0 fully saturated rings. The zero-order valence-corrected chi connectivity index (χ0v) is 15.2. The van der Waals surface area contributed by atoms with Crippen LogP contribution in [0.3, 0.4) is 0 Å². The summed E-state index contributed by atoms with van der Waals surface area (Å²) >= 11 is 6.12. The summed E-state index contributed by atoms with van der Waals surface area (Å²) in [7, 11) is 0. The molecule has 4 heteroatoms. The minimum absolute atomic E-state index is 0.393. The average Bonchev–Trinajstić information content (AvgIpc) is 2.88. The molecule has 1 amide bonds. The van der Waals surface area contributed by atoms with Crippen molar-refractivity contribution in [3.63, 3.8) is 0 Å². The fraction of sp³-hybridized carbons (Fsp3) is 0.190. The van der Waals surface area contributed by atoms with Crippen LogP contribution in [0.25, 0.3) is 11.1 Å². The number of primary amides is 1. The lowest BCUT2D eigenvalue weighted by atomic mass is 9.99. The monoisotopic (exact) mass is 352 g/mol. The summed E-state index contributed by atoms with van der Waals surface area (Å²) in [6.45, 7) is 4.71. The highest BCUT2D eigenvalue weighted by atomic mass is 35.5. The molecule has 0 spiro atoms. The quantitative estimate of drug-likeness (QED) is 0.702. The average molecular weight is 353 g/mol. The van der Waals surface area contributed by atoms with Crippen molar-refractivity contribution in [1.82, 2.24) is 4.57 Å². The van der Waals surface area contributed by atoms with Gasteiger partial charge >= 0.3 is 0 Å². The van der Waals surface area contributed by atoms with Crippen LogP contribution in [0, 0.1) is 6.92 Å². The first-order chi connectivity index (χ1) is 12.0. The van der Waals surface area contributed by atoms with Gasteiger partial charge in [0, 0.05) is 28.5 Å².